The molecule has 0 radical (unpaired) electrons. The Kier molecular flexibility index (Phi) is 4.37. The molecule has 104 valence electrons. The molecule has 1 aliphatic carbocycles. The average molecular weight is 263 g/mol. The fourth-order valence-corrected chi connectivity index (χ4v) is 2.57. The Labute approximate surface area is 113 Å². The Hall–Kier alpha value is -1.62. The van der Waals surface area contributed by atoms with Crippen molar-refractivity contribution < 1.29 is 9.53 Å². The van der Waals surface area contributed by atoms with Crippen LogP contribution in [0.1, 0.15) is 37.7 Å². The first-order valence-corrected chi connectivity index (χ1v) is 6.66. The number of carbonyl (C=O) groups is 1. The second kappa shape index (κ2) is 6.02. The molecule has 0 unspecified atom stereocenters. The number of aromatic nitrogens is 1. The van der Waals surface area contributed by atoms with E-state index in [1.807, 2.05) is 12.1 Å². The minimum absolute atomic E-state index is 0.00435. The number of amides is 1. The minimum atomic E-state index is -0.302. The van der Waals surface area contributed by atoms with Gasteiger partial charge in [-0.05, 0) is 18.9 Å². The van der Waals surface area contributed by atoms with Crippen molar-refractivity contribution in [3.05, 3.63) is 23.9 Å². The summed E-state index contributed by atoms with van der Waals surface area (Å²) in [7, 11) is 1.57. The van der Waals surface area contributed by atoms with Crippen LogP contribution in [0.15, 0.2) is 18.3 Å². The van der Waals surface area contributed by atoms with Gasteiger partial charge in [0.25, 0.3) is 0 Å². The van der Waals surface area contributed by atoms with E-state index in [-0.39, 0.29) is 11.4 Å². The van der Waals surface area contributed by atoms with Crippen LogP contribution in [0.2, 0.25) is 0 Å². The molecule has 1 aliphatic rings. The van der Waals surface area contributed by atoms with Gasteiger partial charge in [0.05, 0.1) is 7.11 Å². The molecule has 19 heavy (non-hydrogen) atoms. The molecule has 1 heterocycles. The number of carbonyl (C=O) groups excluding carboxylic acids is 1. The molecule has 0 aliphatic heterocycles. The van der Waals surface area contributed by atoms with E-state index >= 15 is 0 Å². The maximum Gasteiger partial charge on any atom is 0.222 e. The van der Waals surface area contributed by atoms with Crippen LogP contribution in [-0.2, 0) is 11.3 Å². The van der Waals surface area contributed by atoms with Gasteiger partial charge in [-0.3, -0.25) is 4.79 Å². The van der Waals surface area contributed by atoms with Crippen molar-refractivity contribution in [2.45, 2.75) is 44.2 Å². The van der Waals surface area contributed by atoms with Gasteiger partial charge in [0.1, 0.15) is 0 Å². The van der Waals surface area contributed by atoms with E-state index in [9.17, 15) is 4.79 Å². The molecule has 0 bridgehead atoms. The third-order valence-corrected chi connectivity index (χ3v) is 3.63. The van der Waals surface area contributed by atoms with Crippen molar-refractivity contribution in [1.82, 2.24) is 10.3 Å². The zero-order valence-electron chi connectivity index (χ0n) is 11.3. The fourth-order valence-electron chi connectivity index (χ4n) is 2.57. The number of rotatable bonds is 5. The molecule has 5 nitrogen and oxygen atoms in total. The SMILES string of the molecule is COc1ncccc1CNC(=O)CC1(N)CCCC1. The number of methoxy groups -OCH3 is 1. The lowest BCUT2D eigenvalue weighted by Gasteiger charge is -2.22. The fraction of sp³-hybridized carbons (Fsp3) is 0.571. The number of nitrogens with one attached hydrogen (secondary N) is 1. The van der Waals surface area contributed by atoms with Crippen molar-refractivity contribution in [2.24, 2.45) is 5.73 Å². The zero-order chi connectivity index (χ0) is 13.7. The molecule has 1 aromatic rings. The van der Waals surface area contributed by atoms with Gasteiger partial charge in [-0.15, -0.1) is 0 Å². The summed E-state index contributed by atoms with van der Waals surface area (Å²) in [4.78, 5) is 16.0. The summed E-state index contributed by atoms with van der Waals surface area (Å²) in [5.41, 5.74) is 6.76. The van der Waals surface area contributed by atoms with Crippen LogP contribution < -0.4 is 15.8 Å². The molecule has 1 fully saturated rings. The van der Waals surface area contributed by atoms with Gasteiger partial charge in [0.2, 0.25) is 11.8 Å². The summed E-state index contributed by atoms with van der Waals surface area (Å²) in [6, 6.07) is 3.71. The topological polar surface area (TPSA) is 77.2 Å². The van der Waals surface area contributed by atoms with Crippen molar-refractivity contribution >= 4 is 5.91 Å². The van der Waals surface area contributed by atoms with E-state index in [1.54, 1.807) is 13.3 Å². The molecular weight excluding hydrogens is 242 g/mol. The molecule has 1 saturated carbocycles. The van der Waals surface area contributed by atoms with Gasteiger partial charge in [-0.2, -0.15) is 0 Å². The molecule has 0 saturated heterocycles. The highest BCUT2D eigenvalue weighted by molar-refractivity contribution is 5.77. The van der Waals surface area contributed by atoms with Crippen molar-refractivity contribution in [3.63, 3.8) is 0 Å². The zero-order valence-corrected chi connectivity index (χ0v) is 11.3. The molecular formula is C14H21N3O2. The number of nitrogens with zero attached hydrogens (tertiary/aromatic N) is 1. The second-order valence-electron chi connectivity index (χ2n) is 5.19. The first-order valence-electron chi connectivity index (χ1n) is 6.66. The van der Waals surface area contributed by atoms with Crippen LogP contribution in [0, 0.1) is 0 Å². The summed E-state index contributed by atoms with van der Waals surface area (Å²) in [6.07, 6.45) is 6.20. The van der Waals surface area contributed by atoms with Gasteiger partial charge in [-0.1, -0.05) is 18.9 Å². The van der Waals surface area contributed by atoms with Crippen molar-refractivity contribution in [1.29, 1.82) is 0 Å². The Bertz CT molecular complexity index is 442. The number of pyridine rings is 1. The van der Waals surface area contributed by atoms with Gasteiger partial charge in [0, 0.05) is 30.3 Å². The highest BCUT2D eigenvalue weighted by Crippen LogP contribution is 2.29. The summed E-state index contributed by atoms with van der Waals surface area (Å²) < 4.78 is 5.14. The van der Waals surface area contributed by atoms with Crippen LogP contribution in [0.3, 0.4) is 0 Å². The van der Waals surface area contributed by atoms with E-state index in [1.165, 1.54) is 0 Å². The Balaban J connectivity index is 1.86. The lowest BCUT2D eigenvalue weighted by Crippen LogP contribution is -2.42. The maximum absolute atomic E-state index is 11.9. The summed E-state index contributed by atoms with van der Waals surface area (Å²) in [5, 5.41) is 2.89. The Morgan fingerprint density at radius 3 is 2.95 bits per heavy atom. The summed E-state index contributed by atoms with van der Waals surface area (Å²) in [6.45, 7) is 0.423. The third kappa shape index (κ3) is 3.67. The highest BCUT2D eigenvalue weighted by atomic mass is 16.5. The van der Waals surface area contributed by atoms with Crippen molar-refractivity contribution in [3.8, 4) is 5.88 Å². The molecule has 5 heteroatoms. The third-order valence-electron chi connectivity index (χ3n) is 3.63. The summed E-state index contributed by atoms with van der Waals surface area (Å²) in [5.74, 6) is 0.543. The smallest absolute Gasteiger partial charge is 0.222 e. The molecule has 2 rings (SSSR count). The predicted octanol–water partition coefficient (Wildman–Crippen LogP) is 1.37. The van der Waals surface area contributed by atoms with Gasteiger partial charge >= 0.3 is 0 Å². The predicted molar refractivity (Wildman–Crippen MR) is 72.6 cm³/mol. The van der Waals surface area contributed by atoms with Crippen molar-refractivity contribution in [2.75, 3.05) is 7.11 Å². The van der Waals surface area contributed by atoms with Gasteiger partial charge in [0.15, 0.2) is 0 Å². The first-order chi connectivity index (χ1) is 9.13. The molecule has 3 N–H and O–H groups in total. The molecule has 1 amide bonds. The van der Waals surface area contributed by atoms with E-state index < -0.39 is 0 Å². The van der Waals surface area contributed by atoms with Gasteiger partial charge in [-0.25, -0.2) is 4.98 Å². The normalized spacial score (nSPS) is 17.2. The van der Waals surface area contributed by atoms with E-state index in [0.717, 1.165) is 31.2 Å². The van der Waals surface area contributed by atoms with Crippen LogP contribution >= 0.6 is 0 Å². The second-order valence-corrected chi connectivity index (χ2v) is 5.19. The van der Waals surface area contributed by atoms with Crippen LogP contribution in [-0.4, -0.2) is 23.5 Å². The number of hydrogen-bond donors (Lipinski definition) is 2. The Morgan fingerprint density at radius 2 is 2.26 bits per heavy atom. The van der Waals surface area contributed by atoms with Crippen LogP contribution in [0.5, 0.6) is 5.88 Å². The average Bonchev–Trinajstić information content (AvgIpc) is 2.83. The molecule has 0 aromatic carbocycles. The monoisotopic (exact) mass is 263 g/mol. The number of nitrogens with two attached hydrogens (primary N) is 1. The van der Waals surface area contributed by atoms with Crippen LogP contribution in [0.4, 0.5) is 0 Å². The quantitative estimate of drug-likeness (QED) is 0.841. The minimum Gasteiger partial charge on any atom is -0.481 e. The number of hydrogen-bond acceptors (Lipinski definition) is 4. The van der Waals surface area contributed by atoms with Crippen LogP contribution in [0.25, 0.3) is 0 Å². The Morgan fingerprint density at radius 1 is 1.53 bits per heavy atom. The lowest BCUT2D eigenvalue weighted by atomic mass is 9.94. The summed E-state index contributed by atoms with van der Waals surface area (Å²) >= 11 is 0. The first kappa shape index (κ1) is 13.8. The van der Waals surface area contributed by atoms with E-state index in [2.05, 4.69) is 10.3 Å². The standard InChI is InChI=1S/C14H21N3O2/c1-19-13-11(5-4-8-16-13)10-17-12(18)9-14(15)6-2-3-7-14/h4-5,8H,2-3,6-7,9-10,15H2,1H3,(H,17,18). The van der Waals surface area contributed by atoms with E-state index in [4.69, 9.17) is 10.5 Å². The molecule has 1 aromatic heterocycles. The maximum atomic E-state index is 11.9. The van der Waals surface area contributed by atoms with Gasteiger partial charge < -0.3 is 15.8 Å². The highest BCUT2D eigenvalue weighted by Gasteiger charge is 2.31. The van der Waals surface area contributed by atoms with E-state index in [0.29, 0.717) is 18.8 Å². The molecule has 0 atom stereocenters. The molecule has 0 spiro atoms. The number of ether oxygens (including phenoxy) is 1. The lowest BCUT2D eigenvalue weighted by molar-refractivity contribution is -0.122. The largest absolute Gasteiger partial charge is 0.481 e.